The summed E-state index contributed by atoms with van der Waals surface area (Å²) in [5.74, 6) is 6.49. The van der Waals surface area contributed by atoms with Gasteiger partial charge in [-0.3, -0.25) is 14.9 Å². The summed E-state index contributed by atoms with van der Waals surface area (Å²) in [7, 11) is 0. The summed E-state index contributed by atoms with van der Waals surface area (Å²) in [5.41, 5.74) is 2.22. The number of carbonyl (C=O) groups excluding carboxylic acids is 1. The number of anilines is 1. The average molecular weight is 320 g/mol. The van der Waals surface area contributed by atoms with E-state index in [4.69, 9.17) is 0 Å². The summed E-state index contributed by atoms with van der Waals surface area (Å²) < 4.78 is 0. The normalized spacial score (nSPS) is 12.9. The van der Waals surface area contributed by atoms with Crippen molar-refractivity contribution in [1.29, 1.82) is 0 Å². The van der Waals surface area contributed by atoms with Gasteiger partial charge in [-0.25, -0.2) is 0 Å². The van der Waals surface area contributed by atoms with Gasteiger partial charge in [0.15, 0.2) is 0 Å². The molecule has 0 atom stereocenters. The van der Waals surface area contributed by atoms with E-state index in [9.17, 15) is 14.9 Å². The Morgan fingerprint density at radius 2 is 1.92 bits per heavy atom. The van der Waals surface area contributed by atoms with Gasteiger partial charge in [0.05, 0.1) is 16.2 Å². The van der Waals surface area contributed by atoms with Gasteiger partial charge in [-0.1, -0.05) is 17.9 Å². The highest BCUT2D eigenvalue weighted by Crippen LogP contribution is 2.27. The van der Waals surface area contributed by atoms with Crippen LogP contribution in [-0.2, 0) is 0 Å². The second kappa shape index (κ2) is 6.55. The van der Waals surface area contributed by atoms with E-state index < -0.39 is 4.92 Å². The molecule has 24 heavy (non-hydrogen) atoms. The van der Waals surface area contributed by atoms with Crippen LogP contribution >= 0.6 is 0 Å². The summed E-state index contributed by atoms with van der Waals surface area (Å²) in [6.07, 6.45) is 2.35. The number of benzene rings is 2. The molecule has 0 bridgehead atoms. The predicted octanol–water partition coefficient (Wildman–Crippen LogP) is 3.92. The summed E-state index contributed by atoms with van der Waals surface area (Å²) in [6, 6.07) is 11.7. The van der Waals surface area contributed by atoms with Gasteiger partial charge >= 0.3 is 0 Å². The van der Waals surface area contributed by atoms with Gasteiger partial charge in [-0.15, -0.1) is 0 Å². The lowest BCUT2D eigenvalue weighted by Crippen LogP contribution is -2.13. The Kier molecular flexibility index (Phi) is 4.30. The van der Waals surface area contributed by atoms with E-state index in [1.165, 1.54) is 18.9 Å². The number of hydrogen-bond donors (Lipinski definition) is 1. The predicted molar refractivity (Wildman–Crippen MR) is 91.8 cm³/mol. The Hall–Kier alpha value is -3.13. The molecular formula is C19H16N2O3. The highest BCUT2D eigenvalue weighted by Gasteiger charge is 2.18. The van der Waals surface area contributed by atoms with E-state index in [-0.39, 0.29) is 11.6 Å². The number of nitrogens with one attached hydrogen (secondary N) is 1. The quantitative estimate of drug-likeness (QED) is 0.529. The number of carbonyl (C=O) groups is 1. The minimum atomic E-state index is -0.460. The summed E-state index contributed by atoms with van der Waals surface area (Å²) in [6.45, 7) is 1.62. The summed E-state index contributed by atoms with van der Waals surface area (Å²) in [5, 5.41) is 13.7. The average Bonchev–Trinajstić information content (AvgIpc) is 3.39. The lowest BCUT2D eigenvalue weighted by atomic mass is 10.1. The molecule has 0 saturated heterocycles. The zero-order valence-corrected chi connectivity index (χ0v) is 13.2. The largest absolute Gasteiger partial charge is 0.321 e. The maximum Gasteiger partial charge on any atom is 0.274 e. The lowest BCUT2D eigenvalue weighted by molar-refractivity contribution is -0.385. The van der Waals surface area contributed by atoms with Crippen molar-refractivity contribution < 1.29 is 9.72 Å². The van der Waals surface area contributed by atoms with Crippen LogP contribution in [0.4, 0.5) is 11.4 Å². The first-order valence-electron chi connectivity index (χ1n) is 7.71. The Balaban J connectivity index is 1.74. The zero-order chi connectivity index (χ0) is 17.1. The molecule has 2 aromatic carbocycles. The molecule has 0 spiro atoms. The molecule has 1 fully saturated rings. The van der Waals surface area contributed by atoms with Gasteiger partial charge < -0.3 is 5.32 Å². The van der Waals surface area contributed by atoms with Crippen LogP contribution in [0.15, 0.2) is 42.5 Å². The molecule has 1 aliphatic carbocycles. The molecule has 1 amide bonds. The molecule has 2 aromatic rings. The molecule has 5 nitrogen and oxygen atoms in total. The topological polar surface area (TPSA) is 72.2 Å². The van der Waals surface area contributed by atoms with Gasteiger partial charge in [0.25, 0.3) is 11.6 Å². The van der Waals surface area contributed by atoms with Crippen molar-refractivity contribution in [2.24, 2.45) is 5.92 Å². The first kappa shape index (κ1) is 15.8. The lowest BCUT2D eigenvalue weighted by Gasteiger charge is -2.08. The van der Waals surface area contributed by atoms with E-state index in [1.54, 1.807) is 31.2 Å². The fraction of sp³-hybridized carbons (Fsp3) is 0.211. The van der Waals surface area contributed by atoms with Gasteiger partial charge in [-0.2, -0.15) is 0 Å². The molecule has 0 radical (unpaired) electrons. The number of nitro groups is 1. The monoisotopic (exact) mass is 320 g/mol. The van der Waals surface area contributed by atoms with Gasteiger partial charge in [0.2, 0.25) is 0 Å². The molecule has 3 rings (SSSR count). The second-order valence-electron chi connectivity index (χ2n) is 5.78. The number of nitro benzene ring substituents is 1. The Bertz CT molecular complexity index is 856. The molecular weight excluding hydrogens is 304 g/mol. The number of amides is 1. The van der Waals surface area contributed by atoms with Crippen LogP contribution in [0.5, 0.6) is 0 Å². The van der Waals surface area contributed by atoms with Crippen LogP contribution in [0.3, 0.4) is 0 Å². The number of hydrogen-bond acceptors (Lipinski definition) is 3. The van der Waals surface area contributed by atoms with Crippen LogP contribution < -0.4 is 5.32 Å². The first-order valence-corrected chi connectivity index (χ1v) is 7.71. The van der Waals surface area contributed by atoms with Crippen molar-refractivity contribution >= 4 is 17.3 Å². The molecule has 120 valence electrons. The third-order valence-electron chi connectivity index (χ3n) is 3.90. The molecule has 1 aliphatic rings. The zero-order valence-electron chi connectivity index (χ0n) is 13.2. The molecule has 0 aliphatic heterocycles. The van der Waals surface area contributed by atoms with E-state index in [0.717, 1.165) is 5.56 Å². The third kappa shape index (κ3) is 3.61. The third-order valence-corrected chi connectivity index (χ3v) is 3.90. The van der Waals surface area contributed by atoms with Crippen molar-refractivity contribution in [1.82, 2.24) is 0 Å². The molecule has 0 aromatic heterocycles. The van der Waals surface area contributed by atoms with Crippen molar-refractivity contribution in [2.45, 2.75) is 19.8 Å². The Morgan fingerprint density at radius 1 is 1.21 bits per heavy atom. The van der Waals surface area contributed by atoms with E-state index in [0.29, 0.717) is 22.7 Å². The van der Waals surface area contributed by atoms with Crippen LogP contribution in [0.2, 0.25) is 0 Å². The van der Waals surface area contributed by atoms with Crippen LogP contribution in [-0.4, -0.2) is 10.8 Å². The SMILES string of the molecule is Cc1c(NC(=O)c2ccc(C#CC3CC3)cc2)cccc1[N+](=O)[O-]. The summed E-state index contributed by atoms with van der Waals surface area (Å²) >= 11 is 0. The maximum absolute atomic E-state index is 12.3. The smallest absolute Gasteiger partial charge is 0.274 e. The molecule has 1 N–H and O–H groups in total. The highest BCUT2D eigenvalue weighted by molar-refractivity contribution is 6.04. The van der Waals surface area contributed by atoms with Crippen molar-refractivity contribution in [3.8, 4) is 11.8 Å². The molecule has 1 saturated carbocycles. The molecule has 0 heterocycles. The van der Waals surface area contributed by atoms with E-state index in [1.807, 2.05) is 12.1 Å². The summed E-state index contributed by atoms with van der Waals surface area (Å²) in [4.78, 5) is 22.8. The highest BCUT2D eigenvalue weighted by atomic mass is 16.6. The standard InChI is InChI=1S/C19H16N2O3/c1-13-17(3-2-4-18(13)21(23)24)20-19(22)16-11-9-15(10-12-16)8-7-14-5-6-14/h2-4,9-12,14H,5-6H2,1H3,(H,20,22). The van der Waals surface area contributed by atoms with Crippen LogP contribution in [0.25, 0.3) is 0 Å². The fourth-order valence-corrected chi connectivity index (χ4v) is 2.27. The number of rotatable bonds is 3. The first-order chi connectivity index (χ1) is 11.5. The molecule has 5 heteroatoms. The maximum atomic E-state index is 12.3. The van der Waals surface area contributed by atoms with Crippen molar-refractivity contribution in [3.05, 3.63) is 69.3 Å². The van der Waals surface area contributed by atoms with Crippen LogP contribution in [0.1, 0.15) is 34.3 Å². The van der Waals surface area contributed by atoms with Crippen molar-refractivity contribution in [2.75, 3.05) is 5.32 Å². The minimum Gasteiger partial charge on any atom is -0.321 e. The van der Waals surface area contributed by atoms with Gasteiger partial charge in [0.1, 0.15) is 0 Å². The van der Waals surface area contributed by atoms with Gasteiger partial charge in [0, 0.05) is 23.1 Å². The van der Waals surface area contributed by atoms with Gasteiger partial charge in [-0.05, 0) is 50.1 Å². The van der Waals surface area contributed by atoms with E-state index >= 15 is 0 Å². The number of nitrogens with zero attached hydrogens (tertiary/aromatic N) is 1. The molecule has 0 unspecified atom stereocenters. The second-order valence-corrected chi connectivity index (χ2v) is 5.78. The van der Waals surface area contributed by atoms with E-state index in [2.05, 4.69) is 17.2 Å². The minimum absolute atomic E-state index is 0.0153. The Labute approximate surface area is 139 Å². The Morgan fingerprint density at radius 3 is 2.54 bits per heavy atom. The van der Waals surface area contributed by atoms with Crippen LogP contribution in [0, 0.1) is 34.8 Å². The van der Waals surface area contributed by atoms with Crippen molar-refractivity contribution in [3.63, 3.8) is 0 Å². The fourth-order valence-electron chi connectivity index (χ4n) is 2.27.